The first kappa shape index (κ1) is 40.4. The molecule has 0 fully saturated rings. The van der Waals surface area contributed by atoms with E-state index in [-0.39, 0.29) is 0 Å². The van der Waals surface area contributed by atoms with Crippen LogP contribution < -0.4 is 20.2 Å². The Balaban J connectivity index is 1.29. The summed E-state index contributed by atoms with van der Waals surface area (Å²) >= 11 is 0. The minimum Gasteiger partial charge on any atom is -0.310 e. The standard InChI is InChI=1S/C59H54N2Si2/c1-62(2,3)50-36-31-47(32-37-50)60(48-33-38-51(39-34-48)63(4,5)6)49-35-40-54-55(41-49)59(43-21-11-7-12-22-43,44-23-13-8-14-24-44)56-42-57(52-29-19-20-30-53(52)58(54)56)61(45-25-15-9-16-26-45)46-27-17-10-18-28-46/h7-42H,1-6H3. The summed E-state index contributed by atoms with van der Waals surface area (Å²) in [5.41, 5.74) is 13.8. The first-order valence-electron chi connectivity index (χ1n) is 22.3. The van der Waals surface area contributed by atoms with Crippen LogP contribution in [-0.4, -0.2) is 16.1 Å². The van der Waals surface area contributed by atoms with Gasteiger partial charge >= 0.3 is 0 Å². The van der Waals surface area contributed by atoms with E-state index in [9.17, 15) is 0 Å². The maximum Gasteiger partial charge on any atom is 0.0775 e. The van der Waals surface area contributed by atoms with Gasteiger partial charge in [0.15, 0.2) is 0 Å². The van der Waals surface area contributed by atoms with Gasteiger partial charge in [0.05, 0.1) is 27.3 Å². The van der Waals surface area contributed by atoms with E-state index in [4.69, 9.17) is 0 Å². The number of nitrogens with zero attached hydrogens (tertiary/aromatic N) is 2. The van der Waals surface area contributed by atoms with Crippen molar-refractivity contribution < 1.29 is 0 Å². The van der Waals surface area contributed by atoms with Crippen molar-refractivity contribution >= 4 is 71.4 Å². The minimum atomic E-state index is -1.52. The summed E-state index contributed by atoms with van der Waals surface area (Å²) in [6.07, 6.45) is 0. The molecular weight excluding hydrogens is 793 g/mol. The highest BCUT2D eigenvalue weighted by atomic mass is 28.3. The molecule has 0 saturated carbocycles. The van der Waals surface area contributed by atoms with Gasteiger partial charge in [0.2, 0.25) is 0 Å². The highest BCUT2D eigenvalue weighted by molar-refractivity contribution is 6.89. The van der Waals surface area contributed by atoms with E-state index in [0.29, 0.717) is 0 Å². The number of anilines is 6. The van der Waals surface area contributed by atoms with Crippen molar-refractivity contribution in [1.82, 2.24) is 0 Å². The van der Waals surface area contributed by atoms with Crippen molar-refractivity contribution in [2.45, 2.75) is 44.7 Å². The van der Waals surface area contributed by atoms with Gasteiger partial charge in [-0.25, -0.2) is 0 Å². The largest absolute Gasteiger partial charge is 0.310 e. The molecule has 9 aromatic carbocycles. The second-order valence-corrected chi connectivity index (χ2v) is 29.2. The molecule has 0 spiro atoms. The van der Waals surface area contributed by atoms with Crippen molar-refractivity contribution in [2.75, 3.05) is 9.80 Å². The zero-order valence-electron chi connectivity index (χ0n) is 37.2. The predicted molar refractivity (Wildman–Crippen MR) is 277 cm³/mol. The molecule has 0 aromatic heterocycles. The topological polar surface area (TPSA) is 6.48 Å². The average molecular weight is 847 g/mol. The third-order valence-corrected chi connectivity index (χ3v) is 17.2. The number of hydrogen-bond donors (Lipinski definition) is 0. The molecule has 1 aliphatic carbocycles. The molecule has 63 heavy (non-hydrogen) atoms. The van der Waals surface area contributed by atoms with Gasteiger partial charge in [0.25, 0.3) is 0 Å². The van der Waals surface area contributed by atoms with E-state index in [1.165, 1.54) is 54.5 Å². The van der Waals surface area contributed by atoms with Crippen molar-refractivity contribution in [3.8, 4) is 11.1 Å². The summed E-state index contributed by atoms with van der Waals surface area (Å²) in [4.78, 5) is 4.91. The fourth-order valence-electron chi connectivity index (χ4n) is 9.89. The van der Waals surface area contributed by atoms with E-state index in [1.807, 2.05) is 0 Å². The van der Waals surface area contributed by atoms with Crippen LogP contribution in [0.4, 0.5) is 34.1 Å². The SMILES string of the molecule is C[Si](C)(C)c1ccc(N(c2ccc([Si](C)(C)C)cc2)c2ccc3c(c2)C(c2ccccc2)(c2ccccc2)c2cc(N(c4ccccc4)c4ccccc4)c4ccccc4c2-3)cc1. The fraction of sp³-hybridized carbons (Fsp3) is 0.119. The minimum absolute atomic E-state index is 0.643. The molecule has 4 heteroatoms. The number of rotatable bonds is 10. The van der Waals surface area contributed by atoms with Crippen LogP contribution >= 0.6 is 0 Å². The molecule has 0 unspecified atom stereocenters. The highest BCUT2D eigenvalue weighted by Crippen LogP contribution is 2.60. The van der Waals surface area contributed by atoms with E-state index in [2.05, 4.69) is 267 Å². The lowest BCUT2D eigenvalue weighted by Crippen LogP contribution is -2.37. The first-order chi connectivity index (χ1) is 30.5. The molecule has 0 radical (unpaired) electrons. The lowest BCUT2D eigenvalue weighted by Gasteiger charge is -2.36. The summed E-state index contributed by atoms with van der Waals surface area (Å²) in [6, 6.07) is 81.7. The first-order valence-corrected chi connectivity index (χ1v) is 29.3. The van der Waals surface area contributed by atoms with Gasteiger partial charge in [-0.2, -0.15) is 0 Å². The van der Waals surface area contributed by atoms with Gasteiger partial charge in [-0.1, -0.05) is 201 Å². The molecule has 0 saturated heterocycles. The molecule has 0 amide bonds. The Morgan fingerprint density at radius 1 is 0.333 bits per heavy atom. The van der Waals surface area contributed by atoms with Gasteiger partial charge in [0, 0.05) is 33.8 Å². The van der Waals surface area contributed by atoms with Gasteiger partial charge in [0.1, 0.15) is 0 Å². The van der Waals surface area contributed by atoms with Crippen molar-refractivity contribution in [3.63, 3.8) is 0 Å². The molecule has 10 rings (SSSR count). The number of benzene rings is 9. The smallest absolute Gasteiger partial charge is 0.0775 e. The van der Waals surface area contributed by atoms with Crippen LogP contribution in [0, 0.1) is 0 Å². The summed E-state index contributed by atoms with van der Waals surface area (Å²) in [7, 11) is -3.04. The Morgan fingerprint density at radius 3 is 1.19 bits per heavy atom. The molecule has 0 aliphatic heterocycles. The van der Waals surface area contributed by atoms with Crippen LogP contribution in [0.3, 0.4) is 0 Å². The Bertz CT molecular complexity index is 2910. The van der Waals surface area contributed by atoms with Crippen molar-refractivity contribution in [3.05, 3.63) is 241 Å². The summed E-state index contributed by atoms with van der Waals surface area (Å²) in [6.45, 7) is 14.5. The van der Waals surface area contributed by atoms with E-state index >= 15 is 0 Å². The molecule has 1 aliphatic rings. The zero-order valence-corrected chi connectivity index (χ0v) is 39.2. The Kier molecular flexibility index (Phi) is 10.2. The van der Waals surface area contributed by atoms with Gasteiger partial charge in [-0.15, -0.1) is 0 Å². The maximum atomic E-state index is 2.51. The van der Waals surface area contributed by atoms with E-state index < -0.39 is 21.6 Å². The molecule has 2 nitrogen and oxygen atoms in total. The van der Waals surface area contributed by atoms with Crippen LogP contribution in [0.15, 0.2) is 218 Å². The summed E-state index contributed by atoms with van der Waals surface area (Å²) in [5.74, 6) is 0. The monoisotopic (exact) mass is 846 g/mol. The van der Waals surface area contributed by atoms with Crippen LogP contribution in [0.25, 0.3) is 21.9 Å². The number of hydrogen-bond acceptors (Lipinski definition) is 2. The van der Waals surface area contributed by atoms with Crippen LogP contribution in [-0.2, 0) is 5.41 Å². The normalized spacial score (nSPS) is 13.0. The third kappa shape index (κ3) is 7.04. The number of para-hydroxylation sites is 2. The highest BCUT2D eigenvalue weighted by Gasteiger charge is 2.48. The van der Waals surface area contributed by atoms with Crippen LogP contribution in [0.1, 0.15) is 22.3 Å². The second kappa shape index (κ2) is 15.9. The average Bonchev–Trinajstić information content (AvgIpc) is 3.60. The van der Waals surface area contributed by atoms with E-state index in [0.717, 1.165) is 34.1 Å². The quantitative estimate of drug-likeness (QED) is 0.127. The Morgan fingerprint density at radius 2 is 0.730 bits per heavy atom. The van der Waals surface area contributed by atoms with Gasteiger partial charge in [-0.05, 0) is 105 Å². The number of fused-ring (bicyclic) bond motifs is 5. The van der Waals surface area contributed by atoms with Gasteiger partial charge in [-0.3, -0.25) is 0 Å². The third-order valence-electron chi connectivity index (χ3n) is 13.0. The second-order valence-electron chi connectivity index (χ2n) is 19.0. The molecule has 0 heterocycles. The fourth-order valence-corrected chi connectivity index (χ4v) is 12.2. The molecule has 0 bridgehead atoms. The lowest BCUT2D eigenvalue weighted by molar-refractivity contribution is 0.769. The van der Waals surface area contributed by atoms with Crippen molar-refractivity contribution in [1.29, 1.82) is 0 Å². The summed E-state index contributed by atoms with van der Waals surface area (Å²) in [5, 5.41) is 5.37. The molecular formula is C59H54N2Si2. The van der Waals surface area contributed by atoms with Gasteiger partial charge < -0.3 is 9.80 Å². The molecule has 9 aromatic rings. The maximum absolute atomic E-state index is 2.51. The van der Waals surface area contributed by atoms with Crippen LogP contribution in [0.2, 0.25) is 39.3 Å². The van der Waals surface area contributed by atoms with Crippen LogP contribution in [0.5, 0.6) is 0 Å². The Labute approximate surface area is 375 Å². The van der Waals surface area contributed by atoms with Crippen molar-refractivity contribution in [2.24, 2.45) is 0 Å². The zero-order chi connectivity index (χ0) is 43.3. The Hall–Kier alpha value is -6.73. The predicted octanol–water partition coefficient (Wildman–Crippen LogP) is 15.2. The summed E-state index contributed by atoms with van der Waals surface area (Å²) < 4.78 is 0. The molecule has 308 valence electrons. The molecule has 0 N–H and O–H groups in total. The lowest BCUT2D eigenvalue weighted by atomic mass is 9.67. The molecule has 0 atom stereocenters. The van der Waals surface area contributed by atoms with E-state index in [1.54, 1.807) is 0 Å².